The molecule has 6 nitrogen and oxygen atoms in total. The molecule has 1 amide bonds. The van der Waals surface area contributed by atoms with Gasteiger partial charge in [-0.15, -0.1) is 0 Å². The van der Waals surface area contributed by atoms with Gasteiger partial charge in [0.25, 0.3) is 0 Å². The summed E-state index contributed by atoms with van der Waals surface area (Å²) in [6.45, 7) is 2.77. The van der Waals surface area contributed by atoms with Crippen molar-refractivity contribution < 1.29 is 9.53 Å². The molecule has 0 atom stereocenters. The summed E-state index contributed by atoms with van der Waals surface area (Å²) in [4.78, 5) is 11.0. The zero-order chi connectivity index (χ0) is 12.1. The number of nitrogens with one attached hydrogen (secondary N) is 2. The van der Waals surface area contributed by atoms with Gasteiger partial charge in [-0.25, -0.2) is 4.68 Å². The minimum atomic E-state index is -0.0412. The van der Waals surface area contributed by atoms with Crippen LogP contribution in [0.5, 0.6) is 5.88 Å². The highest BCUT2D eigenvalue weighted by Crippen LogP contribution is 2.20. The van der Waals surface area contributed by atoms with Crippen LogP contribution in [-0.4, -0.2) is 36.4 Å². The highest BCUT2D eigenvalue weighted by Gasteiger charge is 2.13. The second-order valence-electron chi connectivity index (χ2n) is 3.47. The summed E-state index contributed by atoms with van der Waals surface area (Å²) in [6.07, 6.45) is 0. The molecule has 0 saturated carbocycles. The third kappa shape index (κ3) is 2.73. The van der Waals surface area contributed by atoms with Crippen LogP contribution < -0.4 is 15.4 Å². The molecular weight excluding hydrogens is 208 g/mol. The molecule has 1 aromatic rings. The van der Waals surface area contributed by atoms with Gasteiger partial charge in [-0.2, -0.15) is 5.10 Å². The second-order valence-corrected chi connectivity index (χ2v) is 3.47. The summed E-state index contributed by atoms with van der Waals surface area (Å²) in [6, 6.07) is 0. The minimum Gasteiger partial charge on any atom is -0.481 e. The summed E-state index contributed by atoms with van der Waals surface area (Å²) in [5.74, 6) is 0.683. The number of amides is 1. The van der Waals surface area contributed by atoms with Crippen molar-refractivity contribution in [3.8, 4) is 5.88 Å². The predicted octanol–water partition coefficient (Wildman–Crippen LogP) is -0.427. The molecule has 0 spiro atoms. The molecule has 0 aromatic carbocycles. The van der Waals surface area contributed by atoms with Crippen LogP contribution >= 0.6 is 0 Å². The normalized spacial score (nSPS) is 10.2. The summed E-state index contributed by atoms with van der Waals surface area (Å²) in [7, 11) is 5.05. The monoisotopic (exact) mass is 226 g/mol. The maximum absolute atomic E-state index is 11.0. The average molecular weight is 226 g/mol. The zero-order valence-electron chi connectivity index (χ0n) is 10.1. The van der Waals surface area contributed by atoms with Crippen molar-refractivity contribution in [2.45, 2.75) is 13.5 Å². The van der Waals surface area contributed by atoms with Crippen molar-refractivity contribution in [3.05, 3.63) is 11.3 Å². The lowest BCUT2D eigenvalue weighted by Crippen LogP contribution is -2.31. The highest BCUT2D eigenvalue weighted by atomic mass is 16.5. The Morgan fingerprint density at radius 1 is 1.56 bits per heavy atom. The van der Waals surface area contributed by atoms with Gasteiger partial charge in [-0.3, -0.25) is 4.79 Å². The van der Waals surface area contributed by atoms with Gasteiger partial charge >= 0.3 is 0 Å². The van der Waals surface area contributed by atoms with Gasteiger partial charge in [0.05, 0.1) is 24.9 Å². The summed E-state index contributed by atoms with van der Waals surface area (Å²) in [5.41, 5.74) is 1.89. The molecule has 16 heavy (non-hydrogen) atoms. The lowest BCUT2D eigenvalue weighted by Gasteiger charge is -2.06. The largest absolute Gasteiger partial charge is 0.481 e. The van der Waals surface area contributed by atoms with E-state index in [1.807, 2.05) is 14.0 Å². The first-order valence-electron chi connectivity index (χ1n) is 5.08. The Morgan fingerprint density at radius 3 is 2.81 bits per heavy atom. The van der Waals surface area contributed by atoms with E-state index in [9.17, 15) is 4.79 Å². The lowest BCUT2D eigenvalue weighted by atomic mass is 10.2. The Balaban J connectivity index is 2.62. The Labute approximate surface area is 95.0 Å². The first-order valence-corrected chi connectivity index (χ1v) is 5.08. The van der Waals surface area contributed by atoms with E-state index in [-0.39, 0.29) is 12.5 Å². The number of aryl methyl sites for hydroxylation is 2. The third-order valence-corrected chi connectivity index (χ3v) is 2.35. The number of carbonyl (C=O) groups excluding carboxylic acids is 1. The molecule has 1 heterocycles. The smallest absolute Gasteiger partial charge is 0.233 e. The Hall–Kier alpha value is -1.56. The molecule has 0 aliphatic rings. The molecule has 0 fully saturated rings. The van der Waals surface area contributed by atoms with Crippen LogP contribution in [0.25, 0.3) is 0 Å². The fourth-order valence-corrected chi connectivity index (χ4v) is 1.53. The molecule has 0 saturated heterocycles. The minimum absolute atomic E-state index is 0.0412. The standard InChI is InChI=1S/C10H18N4O2/c1-7-8(5-12-6-9(15)11-2)10(16-4)14(3)13-7/h12H,5-6H2,1-4H3,(H,11,15). The van der Waals surface area contributed by atoms with Gasteiger partial charge in [0.2, 0.25) is 11.8 Å². The fraction of sp³-hybridized carbons (Fsp3) is 0.600. The molecule has 0 radical (unpaired) electrons. The van der Waals surface area contributed by atoms with E-state index >= 15 is 0 Å². The lowest BCUT2D eigenvalue weighted by molar-refractivity contribution is -0.119. The Bertz CT molecular complexity index is 373. The number of methoxy groups -OCH3 is 1. The maximum Gasteiger partial charge on any atom is 0.233 e. The average Bonchev–Trinajstić information content (AvgIpc) is 2.53. The van der Waals surface area contributed by atoms with E-state index in [0.717, 1.165) is 17.1 Å². The fourth-order valence-electron chi connectivity index (χ4n) is 1.53. The van der Waals surface area contributed by atoms with Crippen LogP contribution in [0.2, 0.25) is 0 Å². The number of hydrogen-bond donors (Lipinski definition) is 2. The number of ether oxygens (including phenoxy) is 1. The number of nitrogens with zero attached hydrogens (tertiary/aromatic N) is 2. The van der Waals surface area contributed by atoms with E-state index in [0.29, 0.717) is 6.54 Å². The van der Waals surface area contributed by atoms with Crippen molar-refractivity contribution in [2.75, 3.05) is 20.7 Å². The van der Waals surface area contributed by atoms with Gasteiger partial charge in [0.1, 0.15) is 0 Å². The van der Waals surface area contributed by atoms with Crippen LogP contribution in [0.1, 0.15) is 11.3 Å². The summed E-state index contributed by atoms with van der Waals surface area (Å²) >= 11 is 0. The van der Waals surface area contributed by atoms with Crippen molar-refractivity contribution in [3.63, 3.8) is 0 Å². The molecule has 1 aromatic heterocycles. The van der Waals surface area contributed by atoms with E-state index < -0.39 is 0 Å². The van der Waals surface area contributed by atoms with Gasteiger partial charge in [0.15, 0.2) is 0 Å². The van der Waals surface area contributed by atoms with Gasteiger partial charge in [-0.1, -0.05) is 0 Å². The quantitative estimate of drug-likeness (QED) is 0.715. The summed E-state index contributed by atoms with van der Waals surface area (Å²) in [5, 5.41) is 9.83. The second kappa shape index (κ2) is 5.50. The zero-order valence-corrected chi connectivity index (χ0v) is 10.1. The molecule has 6 heteroatoms. The van der Waals surface area contributed by atoms with Crippen LogP contribution in [0.3, 0.4) is 0 Å². The van der Waals surface area contributed by atoms with Crippen LogP contribution in [0.15, 0.2) is 0 Å². The van der Waals surface area contributed by atoms with E-state index in [1.54, 1.807) is 18.8 Å². The maximum atomic E-state index is 11.0. The molecular formula is C10H18N4O2. The van der Waals surface area contributed by atoms with Gasteiger partial charge in [0, 0.05) is 20.6 Å². The molecule has 0 aliphatic heterocycles. The molecule has 0 aliphatic carbocycles. The van der Waals surface area contributed by atoms with Crippen molar-refractivity contribution in [2.24, 2.45) is 7.05 Å². The number of rotatable bonds is 5. The van der Waals surface area contributed by atoms with Crippen LogP contribution in [-0.2, 0) is 18.4 Å². The van der Waals surface area contributed by atoms with E-state index in [2.05, 4.69) is 15.7 Å². The van der Waals surface area contributed by atoms with Gasteiger partial charge < -0.3 is 15.4 Å². The predicted molar refractivity (Wildman–Crippen MR) is 60.3 cm³/mol. The van der Waals surface area contributed by atoms with Gasteiger partial charge in [-0.05, 0) is 6.92 Å². The summed E-state index contributed by atoms with van der Waals surface area (Å²) < 4.78 is 6.93. The number of aromatic nitrogens is 2. The molecule has 0 bridgehead atoms. The molecule has 1 rings (SSSR count). The molecule has 2 N–H and O–H groups in total. The SMILES string of the molecule is CNC(=O)CNCc1c(C)nn(C)c1OC. The van der Waals surface area contributed by atoms with Crippen molar-refractivity contribution in [1.29, 1.82) is 0 Å². The van der Waals surface area contributed by atoms with Crippen molar-refractivity contribution in [1.82, 2.24) is 20.4 Å². The van der Waals surface area contributed by atoms with Crippen LogP contribution in [0, 0.1) is 6.92 Å². The van der Waals surface area contributed by atoms with E-state index in [4.69, 9.17) is 4.74 Å². The number of likely N-dealkylation sites (N-methyl/N-ethyl adjacent to an activating group) is 1. The topological polar surface area (TPSA) is 68.2 Å². The third-order valence-electron chi connectivity index (χ3n) is 2.35. The van der Waals surface area contributed by atoms with Crippen LogP contribution in [0.4, 0.5) is 0 Å². The highest BCUT2D eigenvalue weighted by molar-refractivity contribution is 5.77. The first-order chi connectivity index (χ1) is 7.60. The van der Waals surface area contributed by atoms with Crippen molar-refractivity contribution >= 4 is 5.91 Å². The number of carbonyl (C=O) groups is 1. The molecule has 90 valence electrons. The first kappa shape index (κ1) is 12.5. The Morgan fingerprint density at radius 2 is 2.25 bits per heavy atom. The molecule has 0 unspecified atom stereocenters. The number of hydrogen-bond acceptors (Lipinski definition) is 4. The Kier molecular flexibility index (Phi) is 4.30. The van der Waals surface area contributed by atoms with E-state index in [1.165, 1.54) is 0 Å².